The molecule has 11 heavy (non-hydrogen) atoms. The summed E-state index contributed by atoms with van der Waals surface area (Å²) in [7, 11) is 1.22. The number of hydrogen-bond acceptors (Lipinski definition) is 2. The monoisotopic (exact) mass is 163 g/mol. The van der Waals surface area contributed by atoms with Gasteiger partial charge in [-0.25, -0.2) is 8.78 Å². The molecule has 0 bridgehead atoms. The molecule has 1 aromatic rings. The molecule has 1 heterocycles. The van der Waals surface area contributed by atoms with E-state index < -0.39 is 17.2 Å². The topological polar surface area (TPSA) is 56.2 Å². The summed E-state index contributed by atoms with van der Waals surface area (Å²) in [6.45, 7) is 0. The van der Waals surface area contributed by atoms with E-state index in [9.17, 15) is 14.0 Å². The molecule has 1 atom stereocenters. The lowest BCUT2D eigenvalue weighted by atomic mass is 10.4. The van der Waals surface area contributed by atoms with Crippen LogP contribution in [0, 0.1) is 5.21 Å². The molecule has 0 saturated carbocycles. The van der Waals surface area contributed by atoms with Crippen LogP contribution in [0.3, 0.4) is 0 Å². The number of hydrogen-bond donors (Lipinski definition) is 2. The first-order chi connectivity index (χ1) is 5.13. The predicted octanol–water partition coefficient (Wildman–Crippen LogP) is -0.00870. The minimum Gasteiger partial charge on any atom is -0.629 e. The van der Waals surface area contributed by atoms with Crippen molar-refractivity contribution in [3.05, 3.63) is 17.1 Å². The molecule has 0 amide bonds. The van der Waals surface area contributed by atoms with Gasteiger partial charge in [0.05, 0.1) is 7.05 Å². The zero-order valence-electron chi connectivity index (χ0n) is 5.77. The molecule has 0 aliphatic carbocycles. The summed E-state index contributed by atoms with van der Waals surface area (Å²) in [5.41, 5.74) is -0.447. The molecule has 1 aromatic heterocycles. The number of nitrogens with zero attached hydrogens (tertiary/aromatic N) is 1. The smallest absolute Gasteiger partial charge is 0.285 e. The van der Waals surface area contributed by atoms with Gasteiger partial charge < -0.3 is 10.3 Å². The molecule has 2 N–H and O–H groups in total. The number of rotatable bonds is 2. The Balaban J connectivity index is 2.96. The Morgan fingerprint density at radius 2 is 2.36 bits per heavy atom. The van der Waals surface area contributed by atoms with Crippen LogP contribution in [-0.4, -0.2) is 17.2 Å². The summed E-state index contributed by atoms with van der Waals surface area (Å²) in [5, 5.41) is 15.6. The Hall–Kier alpha value is -1.01. The Morgan fingerprint density at radius 1 is 1.73 bits per heavy atom. The van der Waals surface area contributed by atoms with Crippen LogP contribution in [0.25, 0.3) is 0 Å². The number of hydroxylamine groups is 1. The van der Waals surface area contributed by atoms with E-state index in [-0.39, 0.29) is 5.69 Å². The van der Waals surface area contributed by atoms with E-state index >= 15 is 0 Å². The lowest BCUT2D eigenvalue weighted by molar-refractivity contribution is -0.752. The fourth-order valence-corrected chi connectivity index (χ4v) is 0.743. The Labute approximate surface area is 61.4 Å². The first kappa shape index (κ1) is 8.09. The van der Waals surface area contributed by atoms with Crippen molar-refractivity contribution in [3.8, 4) is 0 Å². The summed E-state index contributed by atoms with van der Waals surface area (Å²) < 4.78 is 24.0. The average Bonchev–Trinajstić information content (AvgIpc) is 2.32. The zero-order chi connectivity index (χ0) is 8.43. The molecule has 0 aromatic carbocycles. The molecule has 0 spiro atoms. The third-order valence-electron chi connectivity index (χ3n) is 1.27. The van der Waals surface area contributed by atoms with Crippen LogP contribution >= 0.6 is 0 Å². The lowest BCUT2D eigenvalue weighted by Gasteiger charge is -2.14. The van der Waals surface area contributed by atoms with Crippen LogP contribution in [0.2, 0.25) is 0 Å². The van der Waals surface area contributed by atoms with Crippen molar-refractivity contribution in [2.24, 2.45) is 0 Å². The van der Waals surface area contributed by atoms with Crippen molar-refractivity contribution >= 4 is 5.69 Å². The van der Waals surface area contributed by atoms with Crippen molar-refractivity contribution in [2.75, 3.05) is 7.05 Å². The Morgan fingerprint density at radius 3 is 2.73 bits per heavy atom. The second kappa shape index (κ2) is 2.93. The van der Waals surface area contributed by atoms with Gasteiger partial charge in [-0.3, -0.25) is 5.10 Å². The van der Waals surface area contributed by atoms with Crippen LogP contribution < -0.4 is 5.06 Å². The van der Waals surface area contributed by atoms with Crippen molar-refractivity contribution in [2.45, 2.75) is 6.43 Å². The molecule has 0 fully saturated rings. The predicted molar refractivity (Wildman–Crippen MR) is 33.5 cm³/mol. The number of aromatic amines is 1. The van der Waals surface area contributed by atoms with Gasteiger partial charge in [0.15, 0.2) is 11.4 Å². The highest BCUT2D eigenvalue weighted by Crippen LogP contribution is 2.20. The second-order valence-electron chi connectivity index (χ2n) is 2.05. The number of nitrogens with one attached hydrogen (secondary N) is 2. The molecular weight excluding hydrogens is 156 g/mol. The highest BCUT2D eigenvalue weighted by molar-refractivity contribution is 5.32. The molecule has 1 unspecified atom stereocenters. The third-order valence-corrected chi connectivity index (χ3v) is 1.27. The van der Waals surface area contributed by atoms with Gasteiger partial charge in [-0.2, -0.15) is 5.10 Å². The maximum atomic E-state index is 12.0. The fraction of sp³-hybridized carbons (Fsp3) is 0.400. The van der Waals surface area contributed by atoms with E-state index in [0.29, 0.717) is 0 Å². The molecule has 0 aliphatic rings. The number of aromatic nitrogens is 2. The van der Waals surface area contributed by atoms with Gasteiger partial charge >= 0.3 is 0 Å². The second-order valence-corrected chi connectivity index (χ2v) is 2.05. The van der Waals surface area contributed by atoms with Gasteiger partial charge in [-0.15, -0.1) is 0 Å². The van der Waals surface area contributed by atoms with Gasteiger partial charge in [0.1, 0.15) is 6.20 Å². The van der Waals surface area contributed by atoms with Gasteiger partial charge in [0, 0.05) is 0 Å². The summed E-state index contributed by atoms with van der Waals surface area (Å²) in [5.74, 6) is 0. The molecular formula is C5H7F2N3O. The van der Waals surface area contributed by atoms with Crippen molar-refractivity contribution in [3.63, 3.8) is 0 Å². The van der Waals surface area contributed by atoms with E-state index in [2.05, 4.69) is 10.2 Å². The minimum absolute atomic E-state index is 0.0417. The molecule has 1 rings (SSSR count). The zero-order valence-corrected chi connectivity index (χ0v) is 5.77. The summed E-state index contributed by atoms with van der Waals surface area (Å²) >= 11 is 0. The highest BCUT2D eigenvalue weighted by atomic mass is 19.3. The molecule has 0 radical (unpaired) electrons. The van der Waals surface area contributed by atoms with Crippen molar-refractivity contribution in [1.82, 2.24) is 10.2 Å². The number of alkyl halides is 2. The molecule has 6 heteroatoms. The largest absolute Gasteiger partial charge is 0.629 e. The normalized spacial score (nSPS) is 13.9. The van der Waals surface area contributed by atoms with E-state index in [1.54, 1.807) is 0 Å². The maximum absolute atomic E-state index is 12.0. The summed E-state index contributed by atoms with van der Waals surface area (Å²) in [4.78, 5) is 0. The number of halogens is 2. The molecule has 0 aliphatic heterocycles. The average molecular weight is 163 g/mol. The summed E-state index contributed by atoms with van der Waals surface area (Å²) in [6, 6.07) is 0. The minimum atomic E-state index is -2.67. The standard InChI is InChI=1S/C5H7F2N3O/c1-10(11)3-2-8-9-4(3)5(6)7/h2,5,10H,1H3,(H,8,9). The lowest BCUT2D eigenvalue weighted by Crippen LogP contribution is -2.98. The van der Waals surface area contributed by atoms with Crippen molar-refractivity contribution < 1.29 is 13.8 Å². The number of quaternary nitrogens is 1. The van der Waals surface area contributed by atoms with Gasteiger partial charge in [0.2, 0.25) is 0 Å². The van der Waals surface area contributed by atoms with Gasteiger partial charge in [-0.1, -0.05) is 0 Å². The van der Waals surface area contributed by atoms with E-state index in [1.807, 2.05) is 0 Å². The quantitative estimate of drug-likeness (QED) is 0.602. The Bertz CT molecular complexity index is 213. The van der Waals surface area contributed by atoms with Crippen LogP contribution in [0.15, 0.2) is 6.20 Å². The molecule has 4 nitrogen and oxygen atoms in total. The van der Waals surface area contributed by atoms with Gasteiger partial charge in [-0.05, 0) is 0 Å². The van der Waals surface area contributed by atoms with Crippen LogP contribution in [0.5, 0.6) is 0 Å². The summed E-state index contributed by atoms with van der Waals surface area (Å²) in [6.07, 6.45) is -1.57. The van der Waals surface area contributed by atoms with Crippen LogP contribution in [-0.2, 0) is 0 Å². The highest BCUT2D eigenvalue weighted by Gasteiger charge is 2.18. The van der Waals surface area contributed by atoms with Gasteiger partial charge in [0.25, 0.3) is 6.43 Å². The molecule has 62 valence electrons. The maximum Gasteiger partial charge on any atom is 0.285 e. The van der Waals surface area contributed by atoms with E-state index in [4.69, 9.17) is 0 Å². The fourth-order valence-electron chi connectivity index (χ4n) is 0.743. The van der Waals surface area contributed by atoms with E-state index in [0.717, 1.165) is 6.20 Å². The van der Waals surface area contributed by atoms with Crippen LogP contribution in [0.4, 0.5) is 14.5 Å². The SMILES string of the molecule is C[NH+]([O-])c1cn[nH]c1C(F)F. The third kappa shape index (κ3) is 1.52. The number of H-pyrrole nitrogens is 1. The first-order valence-corrected chi connectivity index (χ1v) is 2.95. The first-order valence-electron chi connectivity index (χ1n) is 2.95. The van der Waals surface area contributed by atoms with E-state index in [1.165, 1.54) is 7.05 Å². The van der Waals surface area contributed by atoms with Crippen molar-refractivity contribution in [1.29, 1.82) is 0 Å². The molecule has 0 saturated heterocycles. The van der Waals surface area contributed by atoms with Crippen LogP contribution in [0.1, 0.15) is 12.1 Å². The Kier molecular flexibility index (Phi) is 2.16.